The van der Waals surface area contributed by atoms with Gasteiger partial charge in [0.2, 0.25) is 0 Å². The Kier molecular flexibility index (Phi) is 3.75. The van der Waals surface area contributed by atoms with Crippen molar-refractivity contribution in [2.75, 3.05) is 19.6 Å². The molecule has 1 aliphatic heterocycles. The van der Waals surface area contributed by atoms with Gasteiger partial charge in [0.1, 0.15) is 0 Å². The summed E-state index contributed by atoms with van der Waals surface area (Å²) in [6.45, 7) is 8.62. The first-order valence-electron chi connectivity index (χ1n) is 5.71. The number of rotatable bonds is 4. The summed E-state index contributed by atoms with van der Waals surface area (Å²) in [5.74, 6) is 0. The molecule has 1 unspecified atom stereocenters. The molecule has 1 atom stereocenters. The van der Waals surface area contributed by atoms with Crippen LogP contribution in [0.4, 0.5) is 0 Å². The largest absolute Gasteiger partial charge is 0.389 e. The topological polar surface area (TPSA) is 47.3 Å². The molecule has 3 nitrogen and oxygen atoms in total. The van der Waals surface area contributed by atoms with E-state index in [1.807, 2.05) is 20.8 Å². The third-order valence-corrected chi connectivity index (χ3v) is 3.11. The van der Waals surface area contributed by atoms with Gasteiger partial charge in [-0.05, 0) is 46.6 Å². The average molecular weight is 210 g/mol. The van der Waals surface area contributed by atoms with E-state index >= 15 is 0 Å². The summed E-state index contributed by atoms with van der Waals surface area (Å²) in [7, 11) is 0. The van der Waals surface area contributed by atoms with Gasteiger partial charge in [-0.25, -0.2) is 0 Å². The fraction of sp³-hybridized carbons (Fsp3) is 0.917. The van der Waals surface area contributed by atoms with E-state index in [1.54, 1.807) is 0 Å². The normalized spacial score (nSPS) is 27.9. The van der Waals surface area contributed by atoms with Gasteiger partial charge in [-0.3, -0.25) is 0 Å². The minimum Gasteiger partial charge on any atom is -0.389 e. The first kappa shape index (κ1) is 12.5. The Morgan fingerprint density at radius 3 is 2.67 bits per heavy atom. The van der Waals surface area contributed by atoms with Gasteiger partial charge < -0.3 is 10.0 Å². The molecule has 0 aromatic carbocycles. The molecule has 0 radical (unpaired) electrons. The highest BCUT2D eigenvalue weighted by Crippen LogP contribution is 2.23. The van der Waals surface area contributed by atoms with Crippen LogP contribution in [-0.2, 0) is 0 Å². The lowest BCUT2D eigenvalue weighted by molar-refractivity contribution is 0.0684. The van der Waals surface area contributed by atoms with E-state index in [0.717, 1.165) is 38.9 Å². The third kappa shape index (κ3) is 4.19. The maximum atomic E-state index is 9.78. The van der Waals surface area contributed by atoms with Crippen molar-refractivity contribution >= 4 is 0 Å². The molecule has 1 heterocycles. The van der Waals surface area contributed by atoms with Crippen LogP contribution in [-0.4, -0.2) is 35.2 Å². The molecular formula is C12H22N2O. The molecule has 0 aliphatic carbocycles. The minimum absolute atomic E-state index is 0.206. The zero-order chi connectivity index (χ0) is 11.5. The van der Waals surface area contributed by atoms with Crippen LogP contribution >= 0.6 is 0 Å². The van der Waals surface area contributed by atoms with Crippen molar-refractivity contribution in [3.8, 4) is 6.07 Å². The molecule has 1 rings (SSSR count). The maximum Gasteiger partial charge on any atom is 0.0758 e. The number of nitrogens with zero attached hydrogens (tertiary/aromatic N) is 2. The Balaban J connectivity index is 2.20. The lowest BCUT2D eigenvalue weighted by Crippen LogP contribution is -2.30. The van der Waals surface area contributed by atoms with Crippen LogP contribution < -0.4 is 0 Å². The van der Waals surface area contributed by atoms with Gasteiger partial charge in [-0.15, -0.1) is 0 Å². The van der Waals surface area contributed by atoms with Crippen molar-refractivity contribution in [2.24, 2.45) is 5.41 Å². The molecule has 1 N–H and O–H groups in total. The van der Waals surface area contributed by atoms with Gasteiger partial charge >= 0.3 is 0 Å². The predicted octanol–water partition coefficient (Wildman–Crippen LogP) is 1.77. The van der Waals surface area contributed by atoms with E-state index in [0.29, 0.717) is 0 Å². The molecule has 0 aromatic heterocycles. The van der Waals surface area contributed by atoms with Crippen molar-refractivity contribution in [3.05, 3.63) is 0 Å². The van der Waals surface area contributed by atoms with E-state index in [4.69, 9.17) is 5.26 Å². The molecule has 3 heteroatoms. The number of nitriles is 1. The van der Waals surface area contributed by atoms with Gasteiger partial charge in [0.15, 0.2) is 0 Å². The predicted molar refractivity (Wildman–Crippen MR) is 60.3 cm³/mol. The second kappa shape index (κ2) is 4.51. The Bertz CT molecular complexity index is 253. The molecule has 0 aromatic rings. The Morgan fingerprint density at radius 1 is 1.53 bits per heavy atom. The fourth-order valence-electron chi connectivity index (χ4n) is 2.03. The van der Waals surface area contributed by atoms with Crippen molar-refractivity contribution < 1.29 is 5.11 Å². The van der Waals surface area contributed by atoms with E-state index < -0.39 is 5.60 Å². The second-order valence-electron chi connectivity index (χ2n) is 5.62. The molecule has 0 saturated carbocycles. The van der Waals surface area contributed by atoms with Crippen LogP contribution in [0.2, 0.25) is 0 Å². The number of hydrogen-bond acceptors (Lipinski definition) is 3. The zero-order valence-corrected chi connectivity index (χ0v) is 10.1. The number of β-amino-alcohol motifs (C(OH)–C–C–N with tert-alkyl or cyclic N) is 1. The third-order valence-electron chi connectivity index (χ3n) is 3.11. The van der Waals surface area contributed by atoms with Gasteiger partial charge in [0, 0.05) is 13.1 Å². The zero-order valence-electron chi connectivity index (χ0n) is 10.1. The first-order valence-corrected chi connectivity index (χ1v) is 5.71. The molecule has 0 spiro atoms. The maximum absolute atomic E-state index is 9.78. The van der Waals surface area contributed by atoms with Crippen LogP contribution in [0.3, 0.4) is 0 Å². The summed E-state index contributed by atoms with van der Waals surface area (Å²) in [6, 6.07) is 2.32. The van der Waals surface area contributed by atoms with Crippen LogP contribution in [0.25, 0.3) is 0 Å². The van der Waals surface area contributed by atoms with Crippen molar-refractivity contribution in [1.29, 1.82) is 5.26 Å². The fourth-order valence-corrected chi connectivity index (χ4v) is 2.03. The highest BCUT2D eigenvalue weighted by atomic mass is 16.3. The number of likely N-dealkylation sites (tertiary alicyclic amines) is 1. The van der Waals surface area contributed by atoms with Gasteiger partial charge in [0.25, 0.3) is 0 Å². The van der Waals surface area contributed by atoms with Crippen LogP contribution in [0, 0.1) is 16.7 Å². The van der Waals surface area contributed by atoms with E-state index in [-0.39, 0.29) is 5.41 Å². The van der Waals surface area contributed by atoms with Crippen molar-refractivity contribution in [1.82, 2.24) is 4.90 Å². The van der Waals surface area contributed by atoms with E-state index in [9.17, 15) is 5.11 Å². The Morgan fingerprint density at radius 2 is 2.20 bits per heavy atom. The van der Waals surface area contributed by atoms with Crippen LogP contribution in [0.1, 0.15) is 40.0 Å². The monoisotopic (exact) mass is 210 g/mol. The van der Waals surface area contributed by atoms with Gasteiger partial charge in [-0.2, -0.15) is 5.26 Å². The first-order chi connectivity index (χ1) is 6.85. The highest BCUT2D eigenvalue weighted by molar-refractivity contribution is 4.92. The molecule has 0 bridgehead atoms. The van der Waals surface area contributed by atoms with E-state index in [2.05, 4.69) is 11.0 Å². The molecule has 15 heavy (non-hydrogen) atoms. The van der Waals surface area contributed by atoms with E-state index in [1.165, 1.54) is 0 Å². The molecule has 0 amide bonds. The van der Waals surface area contributed by atoms with Crippen molar-refractivity contribution in [3.63, 3.8) is 0 Å². The summed E-state index contributed by atoms with van der Waals surface area (Å²) in [6.07, 6.45) is 2.84. The molecule has 1 aliphatic rings. The summed E-state index contributed by atoms with van der Waals surface area (Å²) < 4.78 is 0. The van der Waals surface area contributed by atoms with Gasteiger partial charge in [-0.1, -0.05) is 0 Å². The summed E-state index contributed by atoms with van der Waals surface area (Å²) in [4.78, 5) is 2.29. The van der Waals surface area contributed by atoms with Crippen molar-refractivity contribution in [2.45, 2.75) is 45.6 Å². The highest BCUT2D eigenvalue weighted by Gasteiger charge is 2.30. The Hall–Kier alpha value is -0.590. The Labute approximate surface area is 92.7 Å². The van der Waals surface area contributed by atoms with Crippen LogP contribution in [0.15, 0.2) is 0 Å². The summed E-state index contributed by atoms with van der Waals surface area (Å²) >= 11 is 0. The standard InChI is InChI=1S/C12H22N2O/c1-11(2,9-13)5-4-7-14-8-6-12(3,15)10-14/h15H,4-8,10H2,1-3H3. The lowest BCUT2D eigenvalue weighted by atomic mass is 9.90. The molecular weight excluding hydrogens is 188 g/mol. The quantitative estimate of drug-likeness (QED) is 0.769. The van der Waals surface area contributed by atoms with Crippen LogP contribution in [0.5, 0.6) is 0 Å². The molecule has 86 valence electrons. The smallest absolute Gasteiger partial charge is 0.0758 e. The molecule has 1 saturated heterocycles. The average Bonchev–Trinajstić information content (AvgIpc) is 2.45. The number of aliphatic hydroxyl groups is 1. The second-order valence-corrected chi connectivity index (χ2v) is 5.62. The SMILES string of the molecule is CC(C)(C#N)CCCN1CCC(C)(O)C1. The number of hydrogen-bond donors (Lipinski definition) is 1. The van der Waals surface area contributed by atoms with Gasteiger partial charge in [0.05, 0.1) is 17.1 Å². The summed E-state index contributed by atoms with van der Waals surface area (Å²) in [5, 5.41) is 18.6. The summed E-state index contributed by atoms with van der Waals surface area (Å²) in [5.41, 5.74) is -0.701. The minimum atomic E-state index is -0.495. The molecule has 1 fully saturated rings. The lowest BCUT2D eigenvalue weighted by Gasteiger charge is -2.20.